The number of para-hydroxylation sites is 1. The van der Waals surface area contributed by atoms with Gasteiger partial charge in [0.05, 0.1) is 6.42 Å². The van der Waals surface area contributed by atoms with E-state index < -0.39 is 0 Å². The van der Waals surface area contributed by atoms with E-state index in [2.05, 4.69) is 31.2 Å². The Kier molecular flexibility index (Phi) is 4.56. The second kappa shape index (κ2) is 7.15. The number of nitrogens with zero attached hydrogens (tertiary/aromatic N) is 3. The SMILES string of the molecule is Cc1[nH]c2ccccc2c1CC(=O)NC1CCN(c2ncccn2)CC1. The lowest BCUT2D eigenvalue weighted by Crippen LogP contribution is -2.45. The molecule has 1 saturated heterocycles. The molecule has 1 aliphatic rings. The number of H-pyrrole nitrogens is 1. The second-order valence-corrected chi connectivity index (χ2v) is 6.83. The number of anilines is 1. The van der Waals surface area contributed by atoms with Crippen LogP contribution in [0.15, 0.2) is 42.7 Å². The van der Waals surface area contributed by atoms with Crippen molar-refractivity contribution in [1.82, 2.24) is 20.3 Å². The highest BCUT2D eigenvalue weighted by atomic mass is 16.1. The van der Waals surface area contributed by atoms with Crippen molar-refractivity contribution >= 4 is 22.8 Å². The first kappa shape index (κ1) is 16.6. The van der Waals surface area contributed by atoms with Crippen LogP contribution in [0.3, 0.4) is 0 Å². The van der Waals surface area contributed by atoms with Crippen LogP contribution in [-0.2, 0) is 11.2 Å². The fourth-order valence-electron chi connectivity index (χ4n) is 3.68. The summed E-state index contributed by atoms with van der Waals surface area (Å²) in [6.45, 7) is 3.75. The molecular weight excluding hydrogens is 326 g/mol. The normalized spacial score (nSPS) is 15.3. The highest BCUT2D eigenvalue weighted by Gasteiger charge is 2.22. The summed E-state index contributed by atoms with van der Waals surface area (Å²) in [5.41, 5.74) is 3.24. The maximum absolute atomic E-state index is 12.6. The number of rotatable bonds is 4. The van der Waals surface area contributed by atoms with Crippen molar-refractivity contribution in [2.24, 2.45) is 0 Å². The Balaban J connectivity index is 1.35. The standard InChI is InChI=1S/C20H23N5O/c1-14-17(16-5-2-3-6-18(16)23-14)13-19(26)24-15-7-11-25(12-8-15)20-21-9-4-10-22-20/h2-6,9-10,15,23H,7-8,11-13H2,1H3,(H,24,26). The highest BCUT2D eigenvalue weighted by Crippen LogP contribution is 2.22. The first-order valence-corrected chi connectivity index (χ1v) is 9.08. The van der Waals surface area contributed by atoms with Crippen LogP contribution in [-0.4, -0.2) is 40.0 Å². The quantitative estimate of drug-likeness (QED) is 0.759. The molecule has 4 rings (SSSR count). The largest absolute Gasteiger partial charge is 0.358 e. The Bertz CT molecular complexity index is 897. The molecule has 2 aromatic heterocycles. The van der Waals surface area contributed by atoms with Crippen LogP contribution in [0.25, 0.3) is 10.9 Å². The molecule has 1 fully saturated rings. The summed E-state index contributed by atoms with van der Waals surface area (Å²) in [4.78, 5) is 26.7. The number of amides is 1. The first-order valence-electron chi connectivity index (χ1n) is 9.08. The number of hydrogen-bond donors (Lipinski definition) is 2. The number of carbonyl (C=O) groups excluding carboxylic acids is 1. The Morgan fingerprint density at radius 2 is 1.92 bits per heavy atom. The van der Waals surface area contributed by atoms with Gasteiger partial charge in [-0.15, -0.1) is 0 Å². The third-order valence-electron chi connectivity index (χ3n) is 5.06. The minimum Gasteiger partial charge on any atom is -0.358 e. The molecule has 0 aliphatic carbocycles. The molecular formula is C20H23N5O. The van der Waals surface area contributed by atoms with Crippen molar-refractivity contribution in [2.45, 2.75) is 32.2 Å². The van der Waals surface area contributed by atoms with Gasteiger partial charge in [-0.2, -0.15) is 0 Å². The van der Waals surface area contributed by atoms with Gasteiger partial charge in [-0.1, -0.05) is 18.2 Å². The summed E-state index contributed by atoms with van der Waals surface area (Å²) < 4.78 is 0. The number of fused-ring (bicyclic) bond motifs is 1. The van der Waals surface area contributed by atoms with E-state index >= 15 is 0 Å². The molecule has 1 aromatic carbocycles. The maximum Gasteiger partial charge on any atom is 0.225 e. The smallest absolute Gasteiger partial charge is 0.225 e. The molecule has 3 heterocycles. The van der Waals surface area contributed by atoms with E-state index in [0.29, 0.717) is 6.42 Å². The van der Waals surface area contributed by atoms with Gasteiger partial charge in [0.25, 0.3) is 0 Å². The molecule has 134 valence electrons. The third kappa shape index (κ3) is 3.40. The van der Waals surface area contributed by atoms with Gasteiger partial charge in [0.1, 0.15) is 0 Å². The summed E-state index contributed by atoms with van der Waals surface area (Å²) in [5.74, 6) is 0.860. The Hall–Kier alpha value is -2.89. The van der Waals surface area contributed by atoms with Gasteiger partial charge in [-0.3, -0.25) is 4.79 Å². The molecule has 0 atom stereocenters. The monoisotopic (exact) mass is 349 g/mol. The lowest BCUT2D eigenvalue weighted by molar-refractivity contribution is -0.121. The number of piperidine rings is 1. The van der Waals surface area contributed by atoms with Crippen molar-refractivity contribution in [3.05, 3.63) is 54.0 Å². The molecule has 26 heavy (non-hydrogen) atoms. The van der Waals surface area contributed by atoms with Crippen LogP contribution >= 0.6 is 0 Å². The fourth-order valence-corrected chi connectivity index (χ4v) is 3.68. The second-order valence-electron chi connectivity index (χ2n) is 6.83. The van der Waals surface area contributed by atoms with Gasteiger partial charge in [0, 0.05) is 48.1 Å². The lowest BCUT2D eigenvalue weighted by Gasteiger charge is -2.32. The van der Waals surface area contributed by atoms with E-state index in [1.165, 1.54) is 0 Å². The van der Waals surface area contributed by atoms with Crippen LogP contribution < -0.4 is 10.2 Å². The van der Waals surface area contributed by atoms with Crippen molar-refractivity contribution < 1.29 is 4.79 Å². The maximum atomic E-state index is 12.6. The van der Waals surface area contributed by atoms with Crippen LogP contribution in [0.2, 0.25) is 0 Å². The zero-order valence-electron chi connectivity index (χ0n) is 14.9. The predicted octanol–water partition coefficient (Wildman–Crippen LogP) is 2.59. The fraction of sp³-hybridized carbons (Fsp3) is 0.350. The molecule has 0 saturated carbocycles. The zero-order chi connectivity index (χ0) is 17.9. The molecule has 6 heteroatoms. The minimum atomic E-state index is 0.0901. The van der Waals surface area contributed by atoms with E-state index in [-0.39, 0.29) is 11.9 Å². The first-order chi connectivity index (χ1) is 12.7. The average molecular weight is 349 g/mol. The van der Waals surface area contributed by atoms with Crippen LogP contribution in [0.1, 0.15) is 24.1 Å². The molecule has 2 N–H and O–H groups in total. The molecule has 0 spiro atoms. The van der Waals surface area contributed by atoms with E-state index in [1.54, 1.807) is 12.4 Å². The Labute approximate surface area is 152 Å². The van der Waals surface area contributed by atoms with Gasteiger partial charge < -0.3 is 15.2 Å². The van der Waals surface area contributed by atoms with Crippen LogP contribution in [0.4, 0.5) is 5.95 Å². The molecule has 3 aromatic rings. The number of benzene rings is 1. The van der Waals surface area contributed by atoms with Crippen molar-refractivity contribution in [3.63, 3.8) is 0 Å². The summed E-state index contributed by atoms with van der Waals surface area (Å²) in [5, 5.41) is 4.34. The van der Waals surface area contributed by atoms with Gasteiger partial charge in [0.15, 0.2) is 0 Å². The minimum absolute atomic E-state index is 0.0901. The molecule has 1 amide bonds. The highest BCUT2D eigenvalue weighted by molar-refractivity contribution is 5.90. The van der Waals surface area contributed by atoms with Gasteiger partial charge in [0.2, 0.25) is 11.9 Å². The van der Waals surface area contributed by atoms with Crippen LogP contribution in [0, 0.1) is 6.92 Å². The molecule has 6 nitrogen and oxygen atoms in total. The average Bonchev–Trinajstić information content (AvgIpc) is 2.98. The molecule has 0 radical (unpaired) electrons. The Morgan fingerprint density at radius 1 is 1.19 bits per heavy atom. The predicted molar refractivity (Wildman–Crippen MR) is 102 cm³/mol. The van der Waals surface area contributed by atoms with Crippen molar-refractivity contribution in [2.75, 3.05) is 18.0 Å². The summed E-state index contributed by atoms with van der Waals surface area (Å²) >= 11 is 0. The van der Waals surface area contributed by atoms with Crippen molar-refractivity contribution in [3.8, 4) is 0 Å². The van der Waals surface area contributed by atoms with Crippen LogP contribution in [0.5, 0.6) is 0 Å². The van der Waals surface area contributed by atoms with E-state index in [1.807, 2.05) is 31.2 Å². The molecule has 0 bridgehead atoms. The number of hydrogen-bond acceptors (Lipinski definition) is 4. The van der Waals surface area contributed by atoms with E-state index in [0.717, 1.165) is 54.0 Å². The van der Waals surface area contributed by atoms with Gasteiger partial charge in [-0.25, -0.2) is 9.97 Å². The summed E-state index contributed by atoms with van der Waals surface area (Å²) in [6.07, 6.45) is 5.77. The molecule has 0 unspecified atom stereocenters. The Morgan fingerprint density at radius 3 is 2.69 bits per heavy atom. The van der Waals surface area contributed by atoms with Gasteiger partial charge >= 0.3 is 0 Å². The topological polar surface area (TPSA) is 73.9 Å². The summed E-state index contributed by atoms with van der Waals surface area (Å²) in [6, 6.07) is 10.2. The number of nitrogens with one attached hydrogen (secondary N) is 2. The van der Waals surface area contributed by atoms with E-state index in [4.69, 9.17) is 0 Å². The summed E-state index contributed by atoms with van der Waals surface area (Å²) in [7, 11) is 0. The lowest BCUT2D eigenvalue weighted by atomic mass is 10.0. The number of carbonyl (C=O) groups is 1. The number of aryl methyl sites for hydroxylation is 1. The van der Waals surface area contributed by atoms with Crippen molar-refractivity contribution in [1.29, 1.82) is 0 Å². The van der Waals surface area contributed by atoms with E-state index in [9.17, 15) is 4.79 Å². The number of aromatic nitrogens is 3. The third-order valence-corrected chi connectivity index (χ3v) is 5.06. The zero-order valence-corrected chi connectivity index (χ0v) is 14.9. The van der Waals surface area contributed by atoms with Gasteiger partial charge in [-0.05, 0) is 37.5 Å². The molecule has 1 aliphatic heterocycles. The number of aromatic amines is 1.